The minimum Gasteiger partial charge on any atom is -0.363 e. The molecule has 2 aliphatic heterocycles. The molecule has 0 aromatic rings. The Labute approximate surface area is 86.6 Å². The van der Waals surface area contributed by atoms with Crippen molar-refractivity contribution in [1.82, 2.24) is 4.90 Å². The average molecular weight is 195 g/mol. The fraction of sp³-hybridized carbons (Fsp3) is 1.00. The van der Waals surface area contributed by atoms with Crippen molar-refractivity contribution in [3.8, 4) is 0 Å². The van der Waals surface area contributed by atoms with Crippen molar-refractivity contribution >= 4 is 0 Å². The molecule has 80 valence electrons. The van der Waals surface area contributed by atoms with Gasteiger partial charge in [0.25, 0.3) is 0 Å². The van der Waals surface area contributed by atoms with E-state index in [-0.39, 0.29) is 0 Å². The third-order valence-electron chi connectivity index (χ3n) is 4.37. The van der Waals surface area contributed by atoms with Crippen LogP contribution in [0, 0.1) is 5.92 Å². The van der Waals surface area contributed by atoms with Crippen molar-refractivity contribution in [3.05, 3.63) is 0 Å². The number of ether oxygens (including phenoxy) is 1. The molecule has 0 aromatic carbocycles. The number of fused-ring (bicyclic) bond motifs is 2. The van der Waals surface area contributed by atoms with E-state index in [0.29, 0.717) is 6.10 Å². The molecule has 3 atom stereocenters. The zero-order valence-corrected chi connectivity index (χ0v) is 8.95. The summed E-state index contributed by atoms with van der Waals surface area (Å²) in [6, 6.07) is 0.858. The first-order valence-corrected chi connectivity index (χ1v) is 6.29. The molecule has 1 saturated carbocycles. The summed E-state index contributed by atoms with van der Waals surface area (Å²) in [5.74, 6) is 0.892. The van der Waals surface area contributed by atoms with E-state index in [1.807, 2.05) is 0 Å². The van der Waals surface area contributed by atoms with Crippen LogP contribution in [-0.2, 0) is 4.74 Å². The van der Waals surface area contributed by atoms with E-state index in [0.717, 1.165) is 18.7 Å². The fourth-order valence-electron chi connectivity index (χ4n) is 3.53. The Balaban J connectivity index is 1.71. The van der Waals surface area contributed by atoms with Crippen LogP contribution in [0.15, 0.2) is 0 Å². The van der Waals surface area contributed by atoms with Gasteiger partial charge in [-0.25, -0.2) is 0 Å². The molecule has 2 saturated heterocycles. The van der Waals surface area contributed by atoms with Gasteiger partial charge in [-0.2, -0.15) is 0 Å². The summed E-state index contributed by atoms with van der Waals surface area (Å²) in [5, 5.41) is 0. The topological polar surface area (TPSA) is 12.5 Å². The van der Waals surface area contributed by atoms with E-state index in [9.17, 15) is 0 Å². The number of nitrogens with zero attached hydrogens (tertiary/aromatic N) is 1. The first-order valence-electron chi connectivity index (χ1n) is 6.29. The largest absolute Gasteiger partial charge is 0.363 e. The molecule has 2 nitrogen and oxygen atoms in total. The maximum atomic E-state index is 6.02. The van der Waals surface area contributed by atoms with Gasteiger partial charge in [0.1, 0.15) is 0 Å². The minimum absolute atomic E-state index is 0.612. The van der Waals surface area contributed by atoms with Gasteiger partial charge < -0.3 is 4.74 Å². The van der Waals surface area contributed by atoms with Crippen LogP contribution in [0.2, 0.25) is 0 Å². The molecule has 3 fully saturated rings. The maximum absolute atomic E-state index is 6.02. The average Bonchev–Trinajstić information content (AvgIpc) is 2.58. The van der Waals surface area contributed by atoms with Gasteiger partial charge in [0, 0.05) is 12.6 Å². The highest BCUT2D eigenvalue weighted by Gasteiger charge is 2.36. The fourth-order valence-corrected chi connectivity index (χ4v) is 3.53. The predicted molar refractivity (Wildman–Crippen MR) is 56.0 cm³/mol. The Hall–Kier alpha value is -0.0800. The molecule has 0 spiro atoms. The highest BCUT2D eigenvalue weighted by Crippen LogP contribution is 2.37. The summed E-state index contributed by atoms with van der Waals surface area (Å²) in [5.41, 5.74) is 0. The standard InChI is InChI=1S/C12H21NO/c1-2-7-13-9-14-12-6-3-4-10(12)8-11(13)5-1/h10-12H,1-9H2/t10-,11+,12+/m0/s1. The van der Waals surface area contributed by atoms with Crippen molar-refractivity contribution in [3.63, 3.8) is 0 Å². The molecule has 2 heterocycles. The molecule has 0 unspecified atom stereocenters. The van der Waals surface area contributed by atoms with Crippen LogP contribution in [-0.4, -0.2) is 30.3 Å². The van der Waals surface area contributed by atoms with E-state index in [2.05, 4.69) is 4.90 Å². The van der Waals surface area contributed by atoms with Gasteiger partial charge in [-0.3, -0.25) is 4.90 Å². The van der Waals surface area contributed by atoms with Crippen LogP contribution in [0.4, 0.5) is 0 Å². The van der Waals surface area contributed by atoms with E-state index in [1.54, 1.807) is 0 Å². The van der Waals surface area contributed by atoms with Crippen molar-refractivity contribution in [1.29, 1.82) is 0 Å². The van der Waals surface area contributed by atoms with Gasteiger partial charge in [0.05, 0.1) is 12.8 Å². The number of hydrogen-bond acceptors (Lipinski definition) is 2. The minimum atomic E-state index is 0.612. The zero-order chi connectivity index (χ0) is 9.38. The summed E-state index contributed by atoms with van der Waals surface area (Å²) >= 11 is 0. The number of rotatable bonds is 0. The molecule has 0 N–H and O–H groups in total. The Bertz CT molecular complexity index is 206. The molecule has 0 bridgehead atoms. The zero-order valence-electron chi connectivity index (χ0n) is 8.95. The third-order valence-corrected chi connectivity index (χ3v) is 4.37. The lowest BCUT2D eigenvalue weighted by Crippen LogP contribution is -2.39. The van der Waals surface area contributed by atoms with E-state index in [4.69, 9.17) is 4.74 Å². The van der Waals surface area contributed by atoms with Gasteiger partial charge in [-0.15, -0.1) is 0 Å². The van der Waals surface area contributed by atoms with Crippen LogP contribution in [0.3, 0.4) is 0 Å². The first-order chi connectivity index (χ1) is 6.93. The van der Waals surface area contributed by atoms with Crippen LogP contribution in [0.5, 0.6) is 0 Å². The second-order valence-corrected chi connectivity index (χ2v) is 5.22. The van der Waals surface area contributed by atoms with E-state index < -0.39 is 0 Å². The summed E-state index contributed by atoms with van der Waals surface area (Å²) in [6.45, 7) is 2.20. The quantitative estimate of drug-likeness (QED) is 0.588. The van der Waals surface area contributed by atoms with Crippen molar-refractivity contribution < 1.29 is 4.74 Å². The number of piperidine rings is 1. The van der Waals surface area contributed by atoms with Crippen molar-refractivity contribution in [2.75, 3.05) is 13.3 Å². The molecule has 3 rings (SSSR count). The smallest absolute Gasteiger partial charge is 0.0996 e. The molecule has 1 aliphatic carbocycles. The Morgan fingerprint density at radius 2 is 2.00 bits per heavy atom. The van der Waals surface area contributed by atoms with E-state index in [1.165, 1.54) is 51.5 Å². The highest BCUT2D eigenvalue weighted by molar-refractivity contribution is 4.87. The molecular weight excluding hydrogens is 174 g/mol. The summed E-state index contributed by atoms with van der Waals surface area (Å²) in [7, 11) is 0. The molecule has 3 aliphatic rings. The molecule has 0 radical (unpaired) electrons. The maximum Gasteiger partial charge on any atom is 0.0996 e. The van der Waals surface area contributed by atoms with Crippen LogP contribution in [0.1, 0.15) is 44.9 Å². The predicted octanol–water partition coefficient (Wildman–Crippen LogP) is 2.39. The summed E-state index contributed by atoms with van der Waals surface area (Å²) in [4.78, 5) is 2.59. The molecule has 0 aromatic heterocycles. The highest BCUT2D eigenvalue weighted by atomic mass is 16.5. The van der Waals surface area contributed by atoms with Crippen LogP contribution >= 0.6 is 0 Å². The summed E-state index contributed by atoms with van der Waals surface area (Å²) in [6.07, 6.45) is 10.4. The van der Waals surface area contributed by atoms with Crippen molar-refractivity contribution in [2.24, 2.45) is 5.92 Å². The normalized spacial score (nSPS) is 44.1. The van der Waals surface area contributed by atoms with Gasteiger partial charge in [0.15, 0.2) is 0 Å². The Morgan fingerprint density at radius 3 is 3.00 bits per heavy atom. The number of hydrogen-bond donors (Lipinski definition) is 0. The van der Waals surface area contributed by atoms with E-state index >= 15 is 0 Å². The van der Waals surface area contributed by atoms with Crippen molar-refractivity contribution in [2.45, 2.75) is 57.1 Å². The molecular formula is C12H21NO. The Morgan fingerprint density at radius 1 is 1.00 bits per heavy atom. The first kappa shape index (κ1) is 9.17. The Kier molecular flexibility index (Phi) is 2.50. The second-order valence-electron chi connectivity index (χ2n) is 5.22. The lowest BCUT2D eigenvalue weighted by Gasteiger charge is -2.33. The molecule has 0 amide bonds. The summed E-state index contributed by atoms with van der Waals surface area (Å²) < 4.78 is 6.02. The van der Waals surface area contributed by atoms with Crippen LogP contribution < -0.4 is 0 Å². The van der Waals surface area contributed by atoms with Gasteiger partial charge in [0.2, 0.25) is 0 Å². The lowest BCUT2D eigenvalue weighted by atomic mass is 9.91. The van der Waals surface area contributed by atoms with Gasteiger partial charge in [-0.05, 0) is 38.0 Å². The molecule has 14 heavy (non-hydrogen) atoms. The monoisotopic (exact) mass is 195 g/mol. The SMILES string of the molecule is C1CCN2CO[C@@H]3CCC[C@H]3C[C@H]2C1. The van der Waals surface area contributed by atoms with Crippen LogP contribution in [0.25, 0.3) is 0 Å². The van der Waals surface area contributed by atoms with Gasteiger partial charge in [-0.1, -0.05) is 12.8 Å². The van der Waals surface area contributed by atoms with Gasteiger partial charge >= 0.3 is 0 Å². The second kappa shape index (κ2) is 3.82. The third kappa shape index (κ3) is 1.59. The lowest BCUT2D eigenvalue weighted by molar-refractivity contribution is -0.0283. The molecule has 2 heteroatoms.